The minimum Gasteiger partial charge on any atom is -0.335 e. The van der Waals surface area contributed by atoms with Crippen molar-refractivity contribution >= 4 is 23.3 Å². The number of anilines is 2. The van der Waals surface area contributed by atoms with Crippen LogP contribution in [0.25, 0.3) is 17.0 Å². The summed E-state index contributed by atoms with van der Waals surface area (Å²) in [6, 6.07) is 9.42. The first-order valence-corrected chi connectivity index (χ1v) is 9.05. The third-order valence-electron chi connectivity index (χ3n) is 4.44. The number of amides is 1. The predicted octanol–water partition coefficient (Wildman–Crippen LogP) is 3.63. The number of hydrogen-bond donors (Lipinski definition) is 2. The molecule has 0 aliphatic rings. The molecule has 3 aromatic heterocycles. The van der Waals surface area contributed by atoms with Gasteiger partial charge in [0.1, 0.15) is 18.0 Å². The number of hydrogen-bond acceptors (Lipinski definition) is 6. The van der Waals surface area contributed by atoms with Gasteiger partial charge in [-0.3, -0.25) is 9.20 Å². The maximum absolute atomic E-state index is 12.8. The van der Waals surface area contributed by atoms with E-state index in [2.05, 4.69) is 25.8 Å². The van der Waals surface area contributed by atoms with E-state index < -0.39 is 6.67 Å². The van der Waals surface area contributed by atoms with Crippen molar-refractivity contribution in [2.75, 3.05) is 23.9 Å². The van der Waals surface area contributed by atoms with Crippen LogP contribution in [0.3, 0.4) is 0 Å². The van der Waals surface area contributed by atoms with Crippen LogP contribution in [-0.4, -0.2) is 38.7 Å². The number of halogens is 1. The molecule has 1 amide bonds. The van der Waals surface area contributed by atoms with Crippen molar-refractivity contribution in [2.45, 2.75) is 13.8 Å². The van der Waals surface area contributed by atoms with Crippen LogP contribution < -0.4 is 10.6 Å². The normalized spacial score (nSPS) is 11.0. The van der Waals surface area contributed by atoms with Crippen LogP contribution in [0, 0.1) is 13.8 Å². The fourth-order valence-electron chi connectivity index (χ4n) is 2.90. The van der Waals surface area contributed by atoms with Crippen molar-refractivity contribution in [3.63, 3.8) is 0 Å². The molecule has 0 saturated heterocycles. The molecule has 4 rings (SSSR count). The Balaban J connectivity index is 1.59. The lowest BCUT2D eigenvalue weighted by molar-refractivity contribution is 0.102. The van der Waals surface area contributed by atoms with Gasteiger partial charge >= 0.3 is 6.01 Å². The van der Waals surface area contributed by atoms with E-state index in [0.29, 0.717) is 28.4 Å². The van der Waals surface area contributed by atoms with E-state index in [1.165, 1.54) is 0 Å². The van der Waals surface area contributed by atoms with Crippen LogP contribution in [-0.2, 0) is 0 Å². The molecule has 3 heterocycles. The number of aromatic nitrogens is 4. The van der Waals surface area contributed by atoms with Crippen LogP contribution in [0.15, 0.2) is 47.2 Å². The predicted molar refractivity (Wildman–Crippen MR) is 107 cm³/mol. The number of nitrogens with one attached hydrogen (secondary N) is 2. The van der Waals surface area contributed by atoms with Crippen molar-refractivity contribution in [1.29, 1.82) is 0 Å². The average Bonchev–Trinajstić information content (AvgIpc) is 3.34. The second kappa shape index (κ2) is 7.70. The molecule has 148 valence electrons. The molecule has 0 atom stereocenters. The molecule has 0 aliphatic heterocycles. The van der Waals surface area contributed by atoms with Crippen LogP contribution in [0.4, 0.5) is 16.1 Å². The first-order valence-electron chi connectivity index (χ1n) is 9.05. The second-order valence-corrected chi connectivity index (χ2v) is 6.60. The Kier molecular flexibility index (Phi) is 4.94. The van der Waals surface area contributed by atoms with Gasteiger partial charge in [-0.25, -0.2) is 9.37 Å². The van der Waals surface area contributed by atoms with E-state index in [9.17, 15) is 9.18 Å². The quantitative estimate of drug-likeness (QED) is 0.518. The van der Waals surface area contributed by atoms with Gasteiger partial charge in [0.2, 0.25) is 5.82 Å². The lowest BCUT2D eigenvalue weighted by Crippen LogP contribution is -2.15. The Hall–Kier alpha value is -3.75. The van der Waals surface area contributed by atoms with E-state index in [4.69, 9.17) is 4.52 Å². The molecule has 0 saturated carbocycles. The Labute approximate surface area is 165 Å². The zero-order valence-corrected chi connectivity index (χ0v) is 15.9. The minimum absolute atomic E-state index is 0.0929. The van der Waals surface area contributed by atoms with Gasteiger partial charge in [-0.05, 0) is 43.2 Å². The van der Waals surface area contributed by atoms with Gasteiger partial charge in [-0.2, -0.15) is 4.98 Å². The molecule has 0 radical (unpaired) electrons. The summed E-state index contributed by atoms with van der Waals surface area (Å²) in [5.41, 5.74) is 4.38. The molecular formula is C20H19FN6O2. The number of carbonyl (C=O) groups is 1. The van der Waals surface area contributed by atoms with Gasteiger partial charge in [0, 0.05) is 24.0 Å². The highest BCUT2D eigenvalue weighted by Gasteiger charge is 2.15. The Bertz CT molecular complexity index is 1180. The maximum Gasteiger partial charge on any atom is 0.321 e. The van der Waals surface area contributed by atoms with Gasteiger partial charge in [0.05, 0.1) is 6.20 Å². The third kappa shape index (κ3) is 3.79. The van der Waals surface area contributed by atoms with Crippen molar-refractivity contribution in [3.05, 3.63) is 59.5 Å². The molecule has 4 aromatic rings. The van der Waals surface area contributed by atoms with Gasteiger partial charge in [-0.15, -0.1) is 0 Å². The summed E-state index contributed by atoms with van der Waals surface area (Å²) < 4.78 is 19.1. The highest BCUT2D eigenvalue weighted by atomic mass is 19.1. The number of alkyl halides is 1. The summed E-state index contributed by atoms with van der Waals surface area (Å²) in [6.45, 7) is 3.42. The fraction of sp³-hybridized carbons (Fsp3) is 0.200. The second-order valence-electron chi connectivity index (χ2n) is 6.60. The van der Waals surface area contributed by atoms with Gasteiger partial charge in [0.15, 0.2) is 0 Å². The Morgan fingerprint density at radius 3 is 2.93 bits per heavy atom. The lowest BCUT2D eigenvalue weighted by atomic mass is 10.1. The highest BCUT2D eigenvalue weighted by molar-refractivity contribution is 6.04. The molecular weight excluding hydrogens is 375 g/mol. The molecule has 2 N–H and O–H groups in total. The molecule has 8 nitrogen and oxygen atoms in total. The topological polar surface area (TPSA) is 97.3 Å². The molecule has 1 aromatic carbocycles. The van der Waals surface area contributed by atoms with E-state index in [1.807, 2.05) is 44.3 Å². The van der Waals surface area contributed by atoms with E-state index in [0.717, 1.165) is 11.1 Å². The van der Waals surface area contributed by atoms with E-state index in [1.54, 1.807) is 16.7 Å². The zero-order chi connectivity index (χ0) is 20.4. The summed E-state index contributed by atoms with van der Waals surface area (Å²) in [7, 11) is 0. The SMILES string of the molecule is Cc1ccn2c(C(=O)Nc3cc(-c4noc(NCCF)n4)ccc3C)cnc2c1. The highest BCUT2D eigenvalue weighted by Crippen LogP contribution is 2.25. The monoisotopic (exact) mass is 394 g/mol. The first kappa shape index (κ1) is 18.6. The average molecular weight is 394 g/mol. The number of aryl methyl sites for hydroxylation is 2. The molecule has 0 bridgehead atoms. The summed E-state index contributed by atoms with van der Waals surface area (Å²) >= 11 is 0. The van der Waals surface area contributed by atoms with Crippen LogP contribution in [0.2, 0.25) is 0 Å². The molecule has 0 unspecified atom stereocenters. The number of nitrogens with zero attached hydrogens (tertiary/aromatic N) is 4. The van der Waals surface area contributed by atoms with Gasteiger partial charge in [0.25, 0.3) is 5.91 Å². The number of pyridine rings is 1. The van der Waals surface area contributed by atoms with Crippen molar-refractivity contribution < 1.29 is 13.7 Å². The number of rotatable bonds is 6. The van der Waals surface area contributed by atoms with Crippen LogP contribution in [0.5, 0.6) is 0 Å². The molecule has 9 heteroatoms. The van der Waals surface area contributed by atoms with E-state index in [-0.39, 0.29) is 18.5 Å². The summed E-state index contributed by atoms with van der Waals surface area (Å²) in [6.07, 6.45) is 3.37. The van der Waals surface area contributed by atoms with E-state index >= 15 is 0 Å². The van der Waals surface area contributed by atoms with Crippen molar-refractivity contribution in [2.24, 2.45) is 0 Å². The summed E-state index contributed by atoms with van der Waals surface area (Å²) in [4.78, 5) is 21.3. The Morgan fingerprint density at radius 2 is 2.10 bits per heavy atom. The smallest absolute Gasteiger partial charge is 0.321 e. The van der Waals surface area contributed by atoms with Gasteiger partial charge in [-0.1, -0.05) is 17.3 Å². The van der Waals surface area contributed by atoms with Crippen molar-refractivity contribution in [1.82, 2.24) is 19.5 Å². The van der Waals surface area contributed by atoms with Crippen LogP contribution in [0.1, 0.15) is 21.6 Å². The standard InChI is InChI=1S/C20H19FN6O2/c1-12-5-8-27-16(11-23-17(27)9-12)19(28)24-15-10-14(4-3-13(15)2)18-25-20(29-26-18)22-7-6-21/h3-5,8-11H,6-7H2,1-2H3,(H,24,28)(H,22,25,26). The number of imidazole rings is 1. The third-order valence-corrected chi connectivity index (χ3v) is 4.44. The van der Waals surface area contributed by atoms with Gasteiger partial charge < -0.3 is 15.2 Å². The Morgan fingerprint density at radius 1 is 1.24 bits per heavy atom. The van der Waals surface area contributed by atoms with Crippen molar-refractivity contribution in [3.8, 4) is 11.4 Å². The lowest BCUT2D eigenvalue weighted by Gasteiger charge is -2.09. The summed E-state index contributed by atoms with van der Waals surface area (Å²) in [5.74, 6) is 0.0622. The maximum atomic E-state index is 12.8. The number of benzene rings is 1. The largest absolute Gasteiger partial charge is 0.335 e. The first-order chi connectivity index (χ1) is 14.0. The fourth-order valence-corrected chi connectivity index (χ4v) is 2.90. The minimum atomic E-state index is -0.540. The molecule has 0 aliphatic carbocycles. The number of carbonyl (C=O) groups excluding carboxylic acids is 1. The summed E-state index contributed by atoms with van der Waals surface area (Å²) in [5, 5.41) is 9.50. The van der Waals surface area contributed by atoms with Crippen LogP contribution >= 0.6 is 0 Å². The molecule has 0 fully saturated rings. The molecule has 29 heavy (non-hydrogen) atoms. The zero-order valence-electron chi connectivity index (χ0n) is 15.9. The number of fused-ring (bicyclic) bond motifs is 1. The molecule has 0 spiro atoms.